The van der Waals surface area contributed by atoms with Gasteiger partial charge in [-0.2, -0.15) is 0 Å². The third-order valence-corrected chi connectivity index (χ3v) is 8.66. The molecule has 3 aromatic rings. The van der Waals surface area contributed by atoms with Crippen molar-refractivity contribution in [1.82, 2.24) is 10.2 Å². The Morgan fingerprint density at radius 3 is 2.17 bits per heavy atom. The van der Waals surface area contributed by atoms with Crippen LogP contribution in [0.15, 0.2) is 82.2 Å². The van der Waals surface area contributed by atoms with Gasteiger partial charge < -0.3 is 15.0 Å². The van der Waals surface area contributed by atoms with Crippen LogP contribution >= 0.6 is 15.9 Å². The highest BCUT2D eigenvalue weighted by Gasteiger charge is 2.33. The van der Waals surface area contributed by atoms with Crippen LogP contribution in [-0.4, -0.2) is 51.4 Å². The number of hydrogen-bond acceptors (Lipinski definition) is 5. The van der Waals surface area contributed by atoms with Gasteiger partial charge in [0.1, 0.15) is 18.3 Å². The minimum atomic E-state index is -4.18. The summed E-state index contributed by atoms with van der Waals surface area (Å²) < 4.78 is 35.3. The maximum absolute atomic E-state index is 14.0. The SMILES string of the molecule is COc1ccccc1N(CC(=O)N(Cc1ccc(Br)cc1)[C@@H](C)C(=O)NCC(C)C)S(=O)(=O)c1ccc(C)cc1. The second-order valence-corrected chi connectivity index (χ2v) is 12.7. The quantitative estimate of drug-likeness (QED) is 0.299. The number of nitrogens with zero attached hydrogens (tertiary/aromatic N) is 2. The van der Waals surface area contributed by atoms with Gasteiger partial charge in [-0.1, -0.05) is 71.7 Å². The Morgan fingerprint density at radius 2 is 1.57 bits per heavy atom. The van der Waals surface area contributed by atoms with Crippen LogP contribution in [0.1, 0.15) is 31.9 Å². The van der Waals surface area contributed by atoms with Gasteiger partial charge >= 0.3 is 0 Å². The van der Waals surface area contributed by atoms with E-state index in [2.05, 4.69) is 21.2 Å². The standard InChI is InChI=1S/C30H36BrN3O5S/c1-21(2)18-32-30(36)23(4)33(19-24-12-14-25(31)15-13-24)29(35)20-34(27-8-6-7-9-28(27)39-5)40(37,38)26-16-10-22(3)11-17-26/h6-17,21,23H,18-20H2,1-5H3,(H,32,36)/t23-/m0/s1. The molecule has 214 valence electrons. The van der Waals surface area contributed by atoms with E-state index >= 15 is 0 Å². The molecule has 0 unspecified atom stereocenters. The van der Waals surface area contributed by atoms with Gasteiger partial charge in [-0.15, -0.1) is 0 Å². The number of benzene rings is 3. The van der Waals surface area contributed by atoms with Crippen molar-refractivity contribution in [2.75, 3.05) is 24.5 Å². The zero-order valence-corrected chi connectivity index (χ0v) is 25.8. The number of aryl methyl sites for hydroxylation is 1. The third-order valence-electron chi connectivity index (χ3n) is 6.36. The number of carbonyl (C=O) groups excluding carboxylic acids is 2. The van der Waals surface area contributed by atoms with E-state index in [4.69, 9.17) is 4.74 Å². The molecular formula is C30H36BrN3O5S. The second-order valence-electron chi connectivity index (χ2n) is 9.96. The van der Waals surface area contributed by atoms with Crippen molar-refractivity contribution in [1.29, 1.82) is 0 Å². The molecule has 0 aliphatic heterocycles. The van der Waals surface area contributed by atoms with Gasteiger partial charge in [0, 0.05) is 17.6 Å². The number of amides is 2. The first-order valence-electron chi connectivity index (χ1n) is 13.0. The van der Waals surface area contributed by atoms with Crippen molar-refractivity contribution < 1.29 is 22.7 Å². The van der Waals surface area contributed by atoms with Crippen molar-refractivity contribution in [3.63, 3.8) is 0 Å². The van der Waals surface area contributed by atoms with E-state index in [1.54, 1.807) is 43.3 Å². The molecule has 2 amide bonds. The minimum Gasteiger partial charge on any atom is -0.495 e. The van der Waals surface area contributed by atoms with Gasteiger partial charge in [-0.3, -0.25) is 13.9 Å². The van der Waals surface area contributed by atoms with Gasteiger partial charge in [0.2, 0.25) is 11.8 Å². The molecule has 0 radical (unpaired) electrons. The van der Waals surface area contributed by atoms with Crippen molar-refractivity contribution in [3.8, 4) is 5.75 Å². The summed E-state index contributed by atoms with van der Waals surface area (Å²) in [7, 11) is -2.74. The molecule has 0 aliphatic carbocycles. The number of methoxy groups -OCH3 is 1. The largest absolute Gasteiger partial charge is 0.495 e. The molecule has 10 heteroatoms. The summed E-state index contributed by atoms with van der Waals surface area (Å²) in [4.78, 5) is 28.5. The predicted molar refractivity (Wildman–Crippen MR) is 161 cm³/mol. The molecule has 0 fully saturated rings. The van der Waals surface area contributed by atoms with E-state index in [0.29, 0.717) is 12.3 Å². The van der Waals surface area contributed by atoms with E-state index in [0.717, 1.165) is 19.9 Å². The van der Waals surface area contributed by atoms with Crippen LogP contribution in [0.5, 0.6) is 5.75 Å². The summed E-state index contributed by atoms with van der Waals surface area (Å²) in [6.07, 6.45) is 0. The fourth-order valence-electron chi connectivity index (χ4n) is 4.01. The fourth-order valence-corrected chi connectivity index (χ4v) is 5.70. The first-order chi connectivity index (χ1) is 18.9. The van der Waals surface area contributed by atoms with Crippen LogP contribution in [-0.2, 0) is 26.2 Å². The lowest BCUT2D eigenvalue weighted by Gasteiger charge is -2.32. The van der Waals surface area contributed by atoms with Gasteiger partial charge in [-0.05, 0) is 61.7 Å². The summed E-state index contributed by atoms with van der Waals surface area (Å²) in [5.74, 6) is -0.318. The lowest BCUT2D eigenvalue weighted by atomic mass is 10.1. The number of carbonyl (C=O) groups is 2. The highest BCUT2D eigenvalue weighted by Crippen LogP contribution is 2.32. The maximum Gasteiger partial charge on any atom is 0.264 e. The zero-order chi connectivity index (χ0) is 29.4. The molecule has 0 spiro atoms. The molecule has 0 bridgehead atoms. The van der Waals surface area contributed by atoms with Gasteiger partial charge in [0.15, 0.2) is 0 Å². The maximum atomic E-state index is 14.0. The molecule has 8 nitrogen and oxygen atoms in total. The molecule has 1 N–H and O–H groups in total. The highest BCUT2D eigenvalue weighted by atomic mass is 79.9. The molecule has 0 saturated carbocycles. The van der Waals surface area contributed by atoms with E-state index in [-0.39, 0.29) is 29.0 Å². The Bertz CT molecular complexity index is 1410. The monoisotopic (exact) mass is 629 g/mol. The molecule has 0 saturated heterocycles. The van der Waals surface area contributed by atoms with E-state index in [1.807, 2.05) is 45.0 Å². The number of anilines is 1. The molecule has 0 aliphatic rings. The normalized spacial score (nSPS) is 12.1. The Hall–Kier alpha value is -3.37. The Morgan fingerprint density at radius 1 is 0.950 bits per heavy atom. The molecule has 3 rings (SSSR count). The van der Waals surface area contributed by atoms with Crippen LogP contribution in [0.4, 0.5) is 5.69 Å². The second kappa shape index (κ2) is 13.8. The number of sulfonamides is 1. The van der Waals surface area contributed by atoms with Crippen LogP contribution in [0.2, 0.25) is 0 Å². The van der Waals surface area contributed by atoms with Crippen molar-refractivity contribution in [3.05, 3.63) is 88.4 Å². The van der Waals surface area contributed by atoms with Gasteiger partial charge in [-0.25, -0.2) is 8.42 Å². The van der Waals surface area contributed by atoms with Crippen molar-refractivity contribution in [2.24, 2.45) is 5.92 Å². The van der Waals surface area contributed by atoms with E-state index in [9.17, 15) is 18.0 Å². The molecule has 1 atom stereocenters. The minimum absolute atomic E-state index is 0.0407. The third kappa shape index (κ3) is 7.85. The summed E-state index contributed by atoms with van der Waals surface area (Å²) >= 11 is 3.42. The Balaban J connectivity index is 2.04. The van der Waals surface area contributed by atoms with Crippen LogP contribution in [0.3, 0.4) is 0 Å². The summed E-state index contributed by atoms with van der Waals surface area (Å²) in [5.41, 5.74) is 1.92. The molecule has 0 heterocycles. The summed E-state index contributed by atoms with van der Waals surface area (Å²) in [5, 5.41) is 2.88. The zero-order valence-electron chi connectivity index (χ0n) is 23.4. The average molecular weight is 631 g/mol. The first kappa shape index (κ1) is 31.2. The smallest absolute Gasteiger partial charge is 0.264 e. The predicted octanol–water partition coefficient (Wildman–Crippen LogP) is 5.15. The van der Waals surface area contributed by atoms with Crippen molar-refractivity contribution >= 4 is 43.5 Å². The lowest BCUT2D eigenvalue weighted by Crippen LogP contribution is -2.51. The molecular weight excluding hydrogens is 594 g/mol. The number of para-hydroxylation sites is 2. The van der Waals surface area contributed by atoms with Gasteiger partial charge in [0.05, 0.1) is 17.7 Å². The number of hydrogen-bond donors (Lipinski definition) is 1. The number of halogens is 1. The molecule has 40 heavy (non-hydrogen) atoms. The van der Waals surface area contributed by atoms with E-state index in [1.165, 1.54) is 24.1 Å². The first-order valence-corrected chi connectivity index (χ1v) is 15.2. The molecule has 0 aromatic heterocycles. The number of ether oxygens (including phenoxy) is 1. The van der Waals surface area contributed by atoms with E-state index < -0.39 is 28.5 Å². The Kier molecular flexibility index (Phi) is 10.8. The lowest BCUT2D eigenvalue weighted by molar-refractivity contribution is -0.139. The topological polar surface area (TPSA) is 96.0 Å². The van der Waals surface area contributed by atoms with Gasteiger partial charge in [0.25, 0.3) is 10.0 Å². The molecule has 3 aromatic carbocycles. The summed E-state index contributed by atoms with van der Waals surface area (Å²) in [6.45, 7) is 7.52. The average Bonchev–Trinajstić information content (AvgIpc) is 2.93. The number of rotatable bonds is 12. The Labute approximate surface area is 245 Å². The van der Waals surface area contributed by atoms with Crippen LogP contribution < -0.4 is 14.4 Å². The summed E-state index contributed by atoms with van der Waals surface area (Å²) in [6, 6.07) is 19.6. The van der Waals surface area contributed by atoms with Crippen molar-refractivity contribution in [2.45, 2.75) is 45.2 Å². The number of nitrogens with one attached hydrogen (secondary N) is 1. The fraction of sp³-hybridized carbons (Fsp3) is 0.333. The van der Waals surface area contributed by atoms with Crippen LogP contribution in [0.25, 0.3) is 0 Å². The highest BCUT2D eigenvalue weighted by molar-refractivity contribution is 9.10. The van der Waals surface area contributed by atoms with Crippen LogP contribution in [0, 0.1) is 12.8 Å².